The molecule has 0 atom stereocenters. The quantitative estimate of drug-likeness (QED) is 0.814. The molecule has 0 unspecified atom stereocenters. The average Bonchev–Trinajstić information content (AvgIpc) is 2.68. The van der Waals surface area contributed by atoms with Crippen LogP contribution in [0.1, 0.15) is 16.1 Å². The number of carbonyl (C=O) groups excluding carboxylic acids is 1. The zero-order chi connectivity index (χ0) is 14.9. The summed E-state index contributed by atoms with van der Waals surface area (Å²) in [5.74, 6) is -0.0908. The molecule has 4 nitrogen and oxygen atoms in total. The molecular weight excluding hydrogens is 297 g/mol. The number of hydrogen-bond acceptors (Lipinski definition) is 3. The number of hydrogen-bond donors (Lipinski definition) is 0. The Balaban J connectivity index is 2.53. The van der Waals surface area contributed by atoms with E-state index in [4.69, 9.17) is 16.3 Å². The third kappa shape index (κ3) is 2.77. The van der Waals surface area contributed by atoms with Gasteiger partial charge in [-0.25, -0.2) is 4.68 Å². The summed E-state index contributed by atoms with van der Waals surface area (Å²) in [6, 6.07) is 8.05. The van der Waals surface area contributed by atoms with E-state index >= 15 is 0 Å². The molecule has 2 aromatic rings. The third-order valence-electron chi connectivity index (χ3n) is 2.42. The lowest BCUT2D eigenvalue weighted by Gasteiger charge is -2.07. The van der Waals surface area contributed by atoms with Crippen molar-refractivity contribution in [2.75, 3.05) is 0 Å². The fourth-order valence-corrected chi connectivity index (χ4v) is 1.77. The first-order chi connectivity index (χ1) is 9.30. The molecule has 0 saturated heterocycles. The number of halogens is 4. The van der Waals surface area contributed by atoms with Gasteiger partial charge < -0.3 is 4.74 Å². The van der Waals surface area contributed by atoms with E-state index in [1.807, 2.05) is 0 Å². The standard InChI is InChI=1S/C12H8ClF3N2O2/c1-18-11(20-7-5-3-2-4-6-7)8(10(13)19)9(17-18)12(14,15)16/h2-6H,1H3. The Morgan fingerprint density at radius 3 is 2.40 bits per heavy atom. The minimum absolute atomic E-state index is 0.267. The number of ether oxygens (including phenoxy) is 1. The van der Waals surface area contributed by atoms with Gasteiger partial charge in [-0.2, -0.15) is 18.3 Å². The Morgan fingerprint density at radius 1 is 1.30 bits per heavy atom. The molecule has 106 valence electrons. The molecule has 0 radical (unpaired) electrons. The van der Waals surface area contributed by atoms with E-state index in [9.17, 15) is 18.0 Å². The molecule has 20 heavy (non-hydrogen) atoms. The Bertz CT molecular complexity index is 638. The van der Waals surface area contributed by atoms with Gasteiger partial charge in [-0.3, -0.25) is 4.79 Å². The van der Waals surface area contributed by atoms with Crippen LogP contribution in [0, 0.1) is 0 Å². The summed E-state index contributed by atoms with van der Waals surface area (Å²) >= 11 is 5.23. The molecule has 0 bridgehead atoms. The van der Waals surface area contributed by atoms with Crippen LogP contribution < -0.4 is 4.74 Å². The minimum atomic E-state index is -4.80. The molecule has 0 amide bonds. The first-order valence-electron chi connectivity index (χ1n) is 5.37. The van der Waals surface area contributed by atoms with Crippen molar-refractivity contribution < 1.29 is 22.7 Å². The molecule has 0 saturated carbocycles. The van der Waals surface area contributed by atoms with Crippen molar-refractivity contribution in [2.45, 2.75) is 6.18 Å². The lowest BCUT2D eigenvalue weighted by Crippen LogP contribution is -2.10. The number of aromatic nitrogens is 2. The lowest BCUT2D eigenvalue weighted by molar-refractivity contribution is -0.141. The number of carbonyl (C=O) groups is 1. The summed E-state index contributed by atoms with van der Waals surface area (Å²) in [6.07, 6.45) is -4.80. The van der Waals surface area contributed by atoms with Crippen LogP contribution in [-0.2, 0) is 13.2 Å². The van der Waals surface area contributed by atoms with E-state index in [-0.39, 0.29) is 11.6 Å². The van der Waals surface area contributed by atoms with Gasteiger partial charge >= 0.3 is 6.18 Å². The summed E-state index contributed by atoms with van der Waals surface area (Å²) in [5, 5.41) is 1.98. The molecule has 0 N–H and O–H groups in total. The third-order valence-corrected chi connectivity index (χ3v) is 2.61. The second-order valence-corrected chi connectivity index (χ2v) is 4.18. The highest BCUT2D eigenvalue weighted by Gasteiger charge is 2.41. The fourth-order valence-electron chi connectivity index (χ4n) is 1.60. The first kappa shape index (κ1) is 14.4. The van der Waals surface area contributed by atoms with E-state index in [0.717, 1.165) is 4.68 Å². The number of benzene rings is 1. The van der Waals surface area contributed by atoms with Gasteiger partial charge in [-0.1, -0.05) is 18.2 Å². The van der Waals surface area contributed by atoms with Crippen LogP contribution in [0.3, 0.4) is 0 Å². The van der Waals surface area contributed by atoms with Crippen LogP contribution in [0.25, 0.3) is 0 Å². The maximum atomic E-state index is 12.8. The average molecular weight is 305 g/mol. The summed E-state index contributed by atoms with van der Waals surface area (Å²) in [5.41, 5.74) is -2.17. The van der Waals surface area contributed by atoms with E-state index < -0.39 is 22.7 Å². The Kier molecular flexibility index (Phi) is 3.71. The summed E-state index contributed by atoms with van der Waals surface area (Å²) in [6.45, 7) is 0. The van der Waals surface area contributed by atoms with Crippen LogP contribution in [-0.4, -0.2) is 15.0 Å². The van der Waals surface area contributed by atoms with Crippen molar-refractivity contribution in [3.63, 3.8) is 0 Å². The summed E-state index contributed by atoms with van der Waals surface area (Å²) in [4.78, 5) is 11.3. The normalized spacial score (nSPS) is 11.4. The Morgan fingerprint density at radius 2 is 1.90 bits per heavy atom. The molecule has 8 heteroatoms. The largest absolute Gasteiger partial charge is 0.438 e. The second kappa shape index (κ2) is 5.16. The van der Waals surface area contributed by atoms with E-state index in [2.05, 4.69) is 5.10 Å². The molecule has 0 fully saturated rings. The van der Waals surface area contributed by atoms with Crippen molar-refractivity contribution in [1.82, 2.24) is 9.78 Å². The maximum Gasteiger partial charge on any atom is 0.436 e. The lowest BCUT2D eigenvalue weighted by atomic mass is 10.2. The zero-order valence-electron chi connectivity index (χ0n) is 10.1. The Hall–Kier alpha value is -2.02. The number of rotatable bonds is 3. The van der Waals surface area contributed by atoms with E-state index in [1.54, 1.807) is 18.2 Å². The molecule has 2 rings (SSSR count). The van der Waals surface area contributed by atoms with E-state index in [1.165, 1.54) is 19.2 Å². The van der Waals surface area contributed by atoms with Gasteiger partial charge in [0.1, 0.15) is 11.3 Å². The number of aryl methyl sites for hydroxylation is 1. The van der Waals surface area contributed by atoms with Crippen LogP contribution >= 0.6 is 11.6 Å². The number of para-hydroxylation sites is 1. The van der Waals surface area contributed by atoms with Gasteiger partial charge in [-0.05, 0) is 23.7 Å². The molecule has 0 spiro atoms. The van der Waals surface area contributed by atoms with Crippen molar-refractivity contribution in [2.24, 2.45) is 7.05 Å². The van der Waals surface area contributed by atoms with Crippen LogP contribution in [0.15, 0.2) is 30.3 Å². The van der Waals surface area contributed by atoms with Crippen LogP contribution in [0.4, 0.5) is 13.2 Å². The van der Waals surface area contributed by atoms with Gasteiger partial charge in [0.2, 0.25) is 5.88 Å². The predicted molar refractivity (Wildman–Crippen MR) is 64.9 cm³/mol. The highest BCUT2D eigenvalue weighted by atomic mass is 35.5. The van der Waals surface area contributed by atoms with E-state index in [0.29, 0.717) is 0 Å². The number of alkyl halides is 3. The molecule has 0 aliphatic heterocycles. The maximum absolute atomic E-state index is 12.8. The highest BCUT2D eigenvalue weighted by molar-refractivity contribution is 6.68. The topological polar surface area (TPSA) is 44.1 Å². The highest BCUT2D eigenvalue weighted by Crippen LogP contribution is 2.37. The molecular formula is C12H8ClF3N2O2. The fraction of sp³-hybridized carbons (Fsp3) is 0.167. The second-order valence-electron chi connectivity index (χ2n) is 3.84. The van der Waals surface area contributed by atoms with Gasteiger partial charge in [0.15, 0.2) is 5.69 Å². The molecule has 0 aliphatic carbocycles. The Labute approximate surface area is 116 Å². The molecule has 0 aliphatic rings. The van der Waals surface area contributed by atoms with Gasteiger partial charge in [0.05, 0.1) is 0 Å². The summed E-state index contributed by atoms with van der Waals surface area (Å²) in [7, 11) is 1.23. The van der Waals surface area contributed by atoms with Gasteiger partial charge in [0.25, 0.3) is 5.24 Å². The van der Waals surface area contributed by atoms with Gasteiger partial charge in [0, 0.05) is 7.05 Å². The monoisotopic (exact) mass is 304 g/mol. The van der Waals surface area contributed by atoms with Crippen LogP contribution in [0.2, 0.25) is 0 Å². The smallest absolute Gasteiger partial charge is 0.436 e. The zero-order valence-corrected chi connectivity index (χ0v) is 10.9. The van der Waals surface area contributed by atoms with Crippen molar-refractivity contribution >= 4 is 16.8 Å². The number of nitrogens with zero attached hydrogens (tertiary/aromatic N) is 2. The first-order valence-corrected chi connectivity index (χ1v) is 5.75. The molecule has 1 heterocycles. The van der Waals surface area contributed by atoms with Crippen molar-refractivity contribution in [3.05, 3.63) is 41.6 Å². The minimum Gasteiger partial charge on any atom is -0.438 e. The van der Waals surface area contributed by atoms with Crippen molar-refractivity contribution in [1.29, 1.82) is 0 Å². The van der Waals surface area contributed by atoms with Crippen molar-refractivity contribution in [3.8, 4) is 11.6 Å². The predicted octanol–water partition coefficient (Wildman–Crippen LogP) is 3.61. The molecule has 1 aromatic heterocycles. The van der Waals surface area contributed by atoms with Gasteiger partial charge in [-0.15, -0.1) is 0 Å². The SMILES string of the molecule is Cn1nc(C(F)(F)F)c(C(=O)Cl)c1Oc1ccccc1. The summed E-state index contributed by atoms with van der Waals surface area (Å²) < 4.78 is 44.5. The van der Waals surface area contributed by atoms with Crippen LogP contribution in [0.5, 0.6) is 11.6 Å². The molecule has 1 aromatic carbocycles.